The first kappa shape index (κ1) is 12.3. The van der Waals surface area contributed by atoms with Crippen LogP contribution >= 0.6 is 11.3 Å². The molecule has 0 saturated carbocycles. The molecular formula is C14H16FNS. The molecule has 0 saturated heterocycles. The molecule has 3 heteroatoms. The molecule has 1 aromatic carbocycles. The fourth-order valence-electron chi connectivity index (χ4n) is 1.80. The molecule has 1 aromatic heterocycles. The predicted molar refractivity (Wildman–Crippen MR) is 71.8 cm³/mol. The maximum atomic E-state index is 13.9. The number of thiophene rings is 1. The monoisotopic (exact) mass is 249 g/mol. The van der Waals surface area contributed by atoms with Crippen molar-refractivity contribution in [2.24, 2.45) is 0 Å². The maximum absolute atomic E-state index is 13.9. The average molecular weight is 249 g/mol. The minimum Gasteiger partial charge on any atom is -0.313 e. The molecule has 90 valence electrons. The van der Waals surface area contributed by atoms with Crippen molar-refractivity contribution in [3.63, 3.8) is 0 Å². The third-order valence-corrected chi connectivity index (χ3v) is 3.63. The topological polar surface area (TPSA) is 12.0 Å². The third kappa shape index (κ3) is 2.73. The van der Waals surface area contributed by atoms with Gasteiger partial charge in [-0.3, -0.25) is 0 Å². The number of hydrogen-bond donors (Lipinski definition) is 1. The Morgan fingerprint density at radius 1 is 1.29 bits per heavy atom. The van der Waals surface area contributed by atoms with Crippen molar-refractivity contribution in [1.29, 1.82) is 0 Å². The van der Waals surface area contributed by atoms with Gasteiger partial charge in [0.25, 0.3) is 0 Å². The lowest BCUT2D eigenvalue weighted by molar-refractivity contribution is 0.594. The van der Waals surface area contributed by atoms with E-state index >= 15 is 0 Å². The second kappa shape index (κ2) is 5.43. The van der Waals surface area contributed by atoms with Gasteiger partial charge in [0.1, 0.15) is 5.82 Å². The van der Waals surface area contributed by atoms with Gasteiger partial charge in [-0.1, -0.05) is 19.1 Å². The summed E-state index contributed by atoms with van der Waals surface area (Å²) >= 11 is 1.69. The average Bonchev–Trinajstić information content (AvgIpc) is 2.74. The molecule has 0 unspecified atom stereocenters. The highest BCUT2D eigenvalue weighted by atomic mass is 32.1. The molecule has 2 rings (SSSR count). The Hall–Kier alpha value is -1.19. The highest BCUT2D eigenvalue weighted by molar-refractivity contribution is 7.10. The standard InChI is InChI=1S/C14H16FNS/c1-3-16-9-12-5-4-11(8-14(12)15)13-6-7-17-10(13)2/h4-8,16H,3,9H2,1-2H3. The van der Waals surface area contributed by atoms with E-state index in [0.717, 1.165) is 23.2 Å². The van der Waals surface area contributed by atoms with Crippen molar-refractivity contribution in [3.8, 4) is 11.1 Å². The van der Waals surface area contributed by atoms with Crippen molar-refractivity contribution in [2.75, 3.05) is 6.54 Å². The largest absolute Gasteiger partial charge is 0.313 e. The molecule has 0 amide bonds. The lowest BCUT2D eigenvalue weighted by Crippen LogP contribution is -2.12. The summed E-state index contributed by atoms with van der Waals surface area (Å²) in [4.78, 5) is 1.23. The van der Waals surface area contributed by atoms with Gasteiger partial charge in [-0.15, -0.1) is 11.3 Å². The highest BCUT2D eigenvalue weighted by Crippen LogP contribution is 2.28. The van der Waals surface area contributed by atoms with E-state index in [1.54, 1.807) is 17.4 Å². The molecule has 1 N–H and O–H groups in total. The summed E-state index contributed by atoms with van der Waals surface area (Å²) < 4.78 is 13.9. The predicted octanol–water partition coefficient (Wildman–Crippen LogP) is 3.97. The fraction of sp³-hybridized carbons (Fsp3) is 0.286. The number of hydrogen-bond acceptors (Lipinski definition) is 2. The summed E-state index contributed by atoms with van der Waals surface area (Å²) in [7, 11) is 0. The summed E-state index contributed by atoms with van der Waals surface area (Å²) in [6, 6.07) is 7.52. The zero-order valence-corrected chi connectivity index (χ0v) is 10.9. The van der Waals surface area contributed by atoms with Crippen LogP contribution in [0, 0.1) is 12.7 Å². The first-order chi connectivity index (χ1) is 8.22. The van der Waals surface area contributed by atoms with Crippen LogP contribution < -0.4 is 5.32 Å². The molecule has 0 spiro atoms. The van der Waals surface area contributed by atoms with Crippen molar-refractivity contribution in [3.05, 3.63) is 45.9 Å². The summed E-state index contributed by atoms with van der Waals surface area (Å²) in [6.07, 6.45) is 0. The van der Waals surface area contributed by atoms with Gasteiger partial charge in [0, 0.05) is 17.0 Å². The Morgan fingerprint density at radius 2 is 2.12 bits per heavy atom. The van der Waals surface area contributed by atoms with Gasteiger partial charge in [-0.05, 0) is 42.1 Å². The number of benzene rings is 1. The molecule has 0 radical (unpaired) electrons. The maximum Gasteiger partial charge on any atom is 0.128 e. The number of aryl methyl sites for hydroxylation is 1. The van der Waals surface area contributed by atoms with Crippen LogP contribution in [0.4, 0.5) is 4.39 Å². The summed E-state index contributed by atoms with van der Waals surface area (Å²) in [5.41, 5.74) is 2.81. The van der Waals surface area contributed by atoms with Crippen LogP contribution in [0.1, 0.15) is 17.4 Å². The quantitative estimate of drug-likeness (QED) is 0.864. The van der Waals surface area contributed by atoms with E-state index in [9.17, 15) is 4.39 Å². The van der Waals surface area contributed by atoms with Gasteiger partial charge < -0.3 is 5.32 Å². The van der Waals surface area contributed by atoms with Gasteiger partial charge in [0.05, 0.1) is 0 Å². The first-order valence-electron chi connectivity index (χ1n) is 5.76. The molecule has 0 aliphatic carbocycles. The first-order valence-corrected chi connectivity index (χ1v) is 6.64. The molecule has 0 aliphatic rings. The fourth-order valence-corrected chi connectivity index (χ4v) is 2.52. The summed E-state index contributed by atoms with van der Waals surface area (Å²) in [5, 5.41) is 5.17. The lowest BCUT2D eigenvalue weighted by Gasteiger charge is -2.06. The van der Waals surface area contributed by atoms with Gasteiger partial charge in [-0.25, -0.2) is 4.39 Å². The summed E-state index contributed by atoms with van der Waals surface area (Å²) in [5.74, 6) is -0.131. The van der Waals surface area contributed by atoms with Crippen molar-refractivity contribution in [1.82, 2.24) is 5.32 Å². The number of halogens is 1. The Morgan fingerprint density at radius 3 is 2.71 bits per heavy atom. The van der Waals surface area contributed by atoms with Crippen LogP contribution in [0.5, 0.6) is 0 Å². The second-order valence-corrected chi connectivity index (χ2v) is 5.10. The zero-order valence-electron chi connectivity index (χ0n) is 10.1. The third-order valence-electron chi connectivity index (χ3n) is 2.79. The van der Waals surface area contributed by atoms with Gasteiger partial charge in [-0.2, -0.15) is 0 Å². The minimum atomic E-state index is -0.131. The SMILES string of the molecule is CCNCc1ccc(-c2ccsc2C)cc1F. The van der Waals surface area contributed by atoms with Crippen LogP contribution in [0.2, 0.25) is 0 Å². The van der Waals surface area contributed by atoms with E-state index in [4.69, 9.17) is 0 Å². The summed E-state index contributed by atoms with van der Waals surface area (Å²) in [6.45, 7) is 5.52. The Balaban J connectivity index is 2.28. The molecule has 0 bridgehead atoms. The van der Waals surface area contributed by atoms with E-state index in [-0.39, 0.29) is 5.82 Å². The Kier molecular flexibility index (Phi) is 3.92. The minimum absolute atomic E-state index is 0.131. The zero-order chi connectivity index (χ0) is 12.3. The van der Waals surface area contributed by atoms with E-state index in [2.05, 4.69) is 12.2 Å². The molecule has 2 aromatic rings. The van der Waals surface area contributed by atoms with Gasteiger partial charge >= 0.3 is 0 Å². The van der Waals surface area contributed by atoms with Crippen LogP contribution in [-0.2, 0) is 6.54 Å². The molecule has 0 atom stereocenters. The van der Waals surface area contributed by atoms with Crippen molar-refractivity contribution < 1.29 is 4.39 Å². The second-order valence-electron chi connectivity index (χ2n) is 3.98. The smallest absolute Gasteiger partial charge is 0.128 e. The van der Waals surface area contributed by atoms with Crippen molar-refractivity contribution >= 4 is 11.3 Å². The van der Waals surface area contributed by atoms with E-state index in [0.29, 0.717) is 6.54 Å². The van der Waals surface area contributed by atoms with Gasteiger partial charge in [0.2, 0.25) is 0 Å². The van der Waals surface area contributed by atoms with Crippen LogP contribution in [-0.4, -0.2) is 6.54 Å². The van der Waals surface area contributed by atoms with Crippen LogP contribution in [0.15, 0.2) is 29.6 Å². The van der Waals surface area contributed by atoms with Gasteiger partial charge in [0.15, 0.2) is 0 Å². The lowest BCUT2D eigenvalue weighted by atomic mass is 10.0. The van der Waals surface area contributed by atoms with E-state index < -0.39 is 0 Å². The molecule has 1 heterocycles. The number of rotatable bonds is 4. The van der Waals surface area contributed by atoms with E-state index in [1.165, 1.54) is 4.88 Å². The van der Waals surface area contributed by atoms with E-state index in [1.807, 2.05) is 30.5 Å². The highest BCUT2D eigenvalue weighted by Gasteiger charge is 2.07. The number of nitrogens with one attached hydrogen (secondary N) is 1. The molecular weight excluding hydrogens is 233 g/mol. The molecule has 1 nitrogen and oxygen atoms in total. The normalized spacial score (nSPS) is 10.8. The van der Waals surface area contributed by atoms with Crippen molar-refractivity contribution in [2.45, 2.75) is 20.4 Å². The Bertz CT molecular complexity index is 505. The Labute approximate surface area is 105 Å². The molecule has 0 fully saturated rings. The molecule has 17 heavy (non-hydrogen) atoms. The van der Waals surface area contributed by atoms with Crippen LogP contribution in [0.3, 0.4) is 0 Å². The molecule has 0 aliphatic heterocycles. The van der Waals surface area contributed by atoms with Crippen LogP contribution in [0.25, 0.3) is 11.1 Å².